The molecule has 1 amide bonds. The van der Waals surface area contributed by atoms with Gasteiger partial charge >= 0.3 is 0 Å². The van der Waals surface area contributed by atoms with Crippen molar-refractivity contribution in [3.63, 3.8) is 0 Å². The Bertz CT molecular complexity index is 873. The molecule has 0 saturated carbocycles. The number of rotatable bonds is 6. The van der Waals surface area contributed by atoms with Gasteiger partial charge in [-0.2, -0.15) is 0 Å². The van der Waals surface area contributed by atoms with Crippen molar-refractivity contribution in [1.29, 1.82) is 0 Å². The summed E-state index contributed by atoms with van der Waals surface area (Å²) < 4.78 is 18.5. The zero-order valence-electron chi connectivity index (χ0n) is 12.9. The first-order valence-electron chi connectivity index (χ1n) is 7.34. The molecule has 5 nitrogen and oxygen atoms in total. The third-order valence-corrected chi connectivity index (χ3v) is 4.31. The number of hydrogen-bond acceptors (Lipinski definition) is 5. The number of aromatic nitrogens is 2. The number of nitrogens with zero attached hydrogens (tertiary/aromatic N) is 2. The lowest BCUT2D eigenvalue weighted by Crippen LogP contribution is -2.14. The fourth-order valence-electron chi connectivity index (χ4n) is 2.04. The minimum absolute atomic E-state index is 0.0701. The standard InChI is InChI=1S/C17H13ClFN3O2S/c18-13-9-12(19)6-7-14(13)20-15(23)10-25-17-22-21-16(24-17)8-11-4-2-1-3-5-11/h1-7,9H,8,10H2,(H,20,23). The summed E-state index contributed by atoms with van der Waals surface area (Å²) in [7, 11) is 0. The quantitative estimate of drug-likeness (QED) is 0.652. The van der Waals surface area contributed by atoms with E-state index in [0.717, 1.165) is 23.4 Å². The van der Waals surface area contributed by atoms with Crippen molar-refractivity contribution in [1.82, 2.24) is 10.2 Å². The first-order valence-corrected chi connectivity index (χ1v) is 8.70. The number of anilines is 1. The molecule has 8 heteroatoms. The summed E-state index contributed by atoms with van der Waals surface area (Å²) in [5, 5.41) is 10.9. The molecule has 3 rings (SSSR count). The number of benzene rings is 2. The number of nitrogens with one attached hydrogen (secondary N) is 1. The minimum atomic E-state index is -0.464. The molecule has 25 heavy (non-hydrogen) atoms. The molecule has 0 unspecified atom stereocenters. The Morgan fingerprint density at radius 1 is 1.20 bits per heavy atom. The lowest BCUT2D eigenvalue weighted by atomic mass is 10.2. The van der Waals surface area contributed by atoms with E-state index in [2.05, 4.69) is 15.5 Å². The zero-order valence-corrected chi connectivity index (χ0v) is 14.5. The summed E-state index contributed by atoms with van der Waals surface area (Å²) in [4.78, 5) is 11.9. The van der Waals surface area contributed by atoms with Crippen LogP contribution < -0.4 is 5.32 Å². The van der Waals surface area contributed by atoms with Crippen molar-refractivity contribution >= 4 is 35.0 Å². The van der Waals surface area contributed by atoms with Crippen LogP contribution in [0.25, 0.3) is 0 Å². The van der Waals surface area contributed by atoms with E-state index in [0.29, 0.717) is 23.2 Å². The molecule has 128 valence electrons. The van der Waals surface area contributed by atoms with Gasteiger partial charge in [0.2, 0.25) is 11.8 Å². The summed E-state index contributed by atoms with van der Waals surface area (Å²) in [6, 6.07) is 13.5. The van der Waals surface area contributed by atoms with Crippen LogP contribution in [0.1, 0.15) is 11.5 Å². The van der Waals surface area contributed by atoms with Gasteiger partial charge in [0.25, 0.3) is 5.22 Å². The minimum Gasteiger partial charge on any atom is -0.416 e. The maximum absolute atomic E-state index is 13.0. The highest BCUT2D eigenvalue weighted by molar-refractivity contribution is 7.99. The van der Waals surface area contributed by atoms with E-state index in [-0.39, 0.29) is 16.7 Å². The van der Waals surface area contributed by atoms with Gasteiger partial charge in [-0.05, 0) is 23.8 Å². The molecular formula is C17H13ClFN3O2S. The number of carbonyl (C=O) groups excluding carboxylic acids is 1. The average Bonchev–Trinajstić information content (AvgIpc) is 3.04. The van der Waals surface area contributed by atoms with Gasteiger partial charge in [-0.25, -0.2) is 4.39 Å². The Morgan fingerprint density at radius 3 is 2.76 bits per heavy atom. The van der Waals surface area contributed by atoms with Crippen LogP contribution in [0.5, 0.6) is 0 Å². The van der Waals surface area contributed by atoms with E-state index >= 15 is 0 Å². The third kappa shape index (κ3) is 5.04. The third-order valence-electron chi connectivity index (χ3n) is 3.18. The maximum atomic E-state index is 13.0. The molecular weight excluding hydrogens is 365 g/mol. The average molecular weight is 378 g/mol. The lowest BCUT2D eigenvalue weighted by Gasteiger charge is -2.06. The van der Waals surface area contributed by atoms with Crippen molar-refractivity contribution < 1.29 is 13.6 Å². The van der Waals surface area contributed by atoms with E-state index in [1.54, 1.807) is 0 Å². The number of carbonyl (C=O) groups is 1. The van der Waals surface area contributed by atoms with Crippen LogP contribution in [-0.4, -0.2) is 21.9 Å². The molecule has 0 spiro atoms. The summed E-state index contributed by atoms with van der Waals surface area (Å²) in [6.07, 6.45) is 0.534. The maximum Gasteiger partial charge on any atom is 0.277 e. The van der Waals surface area contributed by atoms with Crippen molar-refractivity contribution in [3.8, 4) is 0 Å². The normalized spacial score (nSPS) is 10.6. The van der Waals surface area contributed by atoms with Crippen LogP contribution >= 0.6 is 23.4 Å². The Labute approximate surface area is 152 Å². The second-order valence-electron chi connectivity index (χ2n) is 5.09. The van der Waals surface area contributed by atoms with Crippen molar-refractivity contribution in [2.45, 2.75) is 11.6 Å². The van der Waals surface area contributed by atoms with Gasteiger partial charge in [-0.3, -0.25) is 4.79 Å². The molecule has 0 saturated heterocycles. The Balaban J connectivity index is 1.52. The van der Waals surface area contributed by atoms with Crippen LogP contribution in [-0.2, 0) is 11.2 Å². The molecule has 0 aliphatic carbocycles. The molecule has 0 aliphatic heterocycles. The van der Waals surface area contributed by atoms with Crippen LogP contribution in [0.2, 0.25) is 5.02 Å². The topological polar surface area (TPSA) is 68.0 Å². The second kappa shape index (κ2) is 8.13. The fourth-order valence-corrected chi connectivity index (χ4v) is 2.84. The van der Waals surface area contributed by atoms with Gasteiger partial charge in [0.1, 0.15) is 5.82 Å². The number of hydrogen-bond donors (Lipinski definition) is 1. The number of amides is 1. The largest absolute Gasteiger partial charge is 0.416 e. The van der Waals surface area contributed by atoms with Crippen molar-refractivity contribution in [2.24, 2.45) is 0 Å². The van der Waals surface area contributed by atoms with Gasteiger partial charge in [-0.15, -0.1) is 10.2 Å². The Hall–Kier alpha value is -2.38. The van der Waals surface area contributed by atoms with Gasteiger partial charge in [0, 0.05) is 0 Å². The molecule has 0 atom stereocenters. The molecule has 2 aromatic carbocycles. The molecule has 1 aromatic heterocycles. The smallest absolute Gasteiger partial charge is 0.277 e. The van der Waals surface area contributed by atoms with E-state index in [1.807, 2.05) is 30.3 Å². The van der Waals surface area contributed by atoms with Crippen molar-refractivity contribution in [3.05, 3.63) is 70.8 Å². The second-order valence-corrected chi connectivity index (χ2v) is 6.42. The molecule has 1 N–H and O–H groups in total. The first-order chi connectivity index (χ1) is 12.1. The van der Waals surface area contributed by atoms with Gasteiger partial charge in [-0.1, -0.05) is 53.7 Å². The number of thioether (sulfide) groups is 1. The molecule has 1 heterocycles. The van der Waals surface area contributed by atoms with Gasteiger partial charge < -0.3 is 9.73 Å². The monoisotopic (exact) mass is 377 g/mol. The highest BCUT2D eigenvalue weighted by Gasteiger charge is 2.11. The van der Waals surface area contributed by atoms with Gasteiger partial charge in [0.05, 0.1) is 22.9 Å². The predicted octanol–water partition coefficient (Wildman–Crippen LogP) is 4.18. The van der Waals surface area contributed by atoms with Crippen LogP contribution in [0.15, 0.2) is 58.2 Å². The van der Waals surface area contributed by atoms with E-state index in [1.165, 1.54) is 12.1 Å². The van der Waals surface area contributed by atoms with E-state index < -0.39 is 5.82 Å². The Kier molecular flexibility index (Phi) is 5.67. The van der Waals surface area contributed by atoms with Crippen molar-refractivity contribution in [2.75, 3.05) is 11.1 Å². The first kappa shape index (κ1) is 17.4. The van der Waals surface area contributed by atoms with E-state index in [4.69, 9.17) is 16.0 Å². The summed E-state index contributed by atoms with van der Waals surface area (Å²) in [5.74, 6) is -0.216. The van der Waals surface area contributed by atoms with Crippen LogP contribution in [0, 0.1) is 5.82 Å². The fraction of sp³-hybridized carbons (Fsp3) is 0.118. The van der Waals surface area contributed by atoms with Crippen LogP contribution in [0.3, 0.4) is 0 Å². The zero-order chi connectivity index (χ0) is 17.6. The molecule has 0 radical (unpaired) electrons. The summed E-state index contributed by atoms with van der Waals surface area (Å²) >= 11 is 6.99. The summed E-state index contributed by atoms with van der Waals surface area (Å²) in [5.41, 5.74) is 1.41. The molecule has 3 aromatic rings. The molecule has 0 aliphatic rings. The predicted molar refractivity (Wildman–Crippen MR) is 94.3 cm³/mol. The molecule has 0 fully saturated rings. The number of halogens is 2. The van der Waals surface area contributed by atoms with Crippen LogP contribution in [0.4, 0.5) is 10.1 Å². The lowest BCUT2D eigenvalue weighted by molar-refractivity contribution is -0.113. The highest BCUT2D eigenvalue weighted by Crippen LogP contribution is 2.23. The van der Waals surface area contributed by atoms with Gasteiger partial charge in [0.15, 0.2) is 0 Å². The molecule has 0 bridgehead atoms. The van der Waals surface area contributed by atoms with E-state index in [9.17, 15) is 9.18 Å². The Morgan fingerprint density at radius 2 is 2.00 bits per heavy atom. The summed E-state index contributed by atoms with van der Waals surface area (Å²) in [6.45, 7) is 0. The SMILES string of the molecule is O=C(CSc1nnc(Cc2ccccc2)o1)Nc1ccc(F)cc1Cl. The highest BCUT2D eigenvalue weighted by atomic mass is 35.5.